The largest absolute Gasteiger partial charge is 0.497 e. The summed E-state index contributed by atoms with van der Waals surface area (Å²) >= 11 is 0. The smallest absolute Gasteiger partial charge is 0.315 e. The molecule has 4 N–H and O–H groups in total. The molecule has 154 valence electrons. The summed E-state index contributed by atoms with van der Waals surface area (Å²) in [6.07, 6.45) is 1.16. The lowest BCUT2D eigenvalue weighted by Crippen LogP contribution is -2.35. The summed E-state index contributed by atoms with van der Waals surface area (Å²) in [6.45, 7) is 0.854. The van der Waals surface area contributed by atoms with E-state index < -0.39 is 0 Å². The second kappa shape index (κ2) is 9.98. The number of carbonyl (C=O) groups excluding carboxylic acids is 1. The fraction of sp³-hybridized carbons (Fsp3) is 0.227. The van der Waals surface area contributed by atoms with Crippen molar-refractivity contribution < 1.29 is 9.53 Å². The number of nitrogens with zero attached hydrogens (tertiary/aromatic N) is 3. The molecule has 0 saturated heterocycles. The first kappa shape index (κ1) is 20.7. The standard InChI is InChI=1S/C22H24N6O2/c1-30-18-10-5-7-16(13-18)15-26-22(29)25-12-6-11-20-19(14-23)21(24)28(27-20)17-8-3-2-4-9-17/h2-5,7-10,13H,6,11-12,15,24H2,1H3,(H2,25,26,29). The number of amides is 2. The van der Waals surface area contributed by atoms with E-state index in [2.05, 4.69) is 21.8 Å². The molecule has 0 aliphatic rings. The molecule has 0 bridgehead atoms. The summed E-state index contributed by atoms with van der Waals surface area (Å²) in [5.74, 6) is 1.07. The van der Waals surface area contributed by atoms with Crippen LogP contribution in [0.15, 0.2) is 54.6 Å². The Bertz CT molecular complexity index is 1040. The van der Waals surface area contributed by atoms with Gasteiger partial charge in [-0.25, -0.2) is 9.48 Å². The number of para-hydroxylation sites is 1. The second-order valence-corrected chi connectivity index (χ2v) is 6.63. The van der Waals surface area contributed by atoms with Gasteiger partial charge in [-0.3, -0.25) is 0 Å². The van der Waals surface area contributed by atoms with E-state index in [0.717, 1.165) is 17.0 Å². The van der Waals surface area contributed by atoms with Gasteiger partial charge in [0.25, 0.3) is 0 Å². The van der Waals surface area contributed by atoms with Crippen LogP contribution >= 0.6 is 0 Å². The zero-order valence-corrected chi connectivity index (χ0v) is 16.8. The number of carbonyl (C=O) groups is 1. The highest BCUT2D eigenvalue weighted by molar-refractivity contribution is 5.73. The summed E-state index contributed by atoms with van der Waals surface area (Å²) in [5, 5.41) is 19.6. The Labute approximate surface area is 175 Å². The van der Waals surface area contributed by atoms with E-state index in [4.69, 9.17) is 10.5 Å². The Kier molecular flexibility index (Phi) is 6.90. The van der Waals surface area contributed by atoms with Gasteiger partial charge in [-0.1, -0.05) is 30.3 Å². The van der Waals surface area contributed by atoms with E-state index >= 15 is 0 Å². The number of aryl methyl sites for hydroxylation is 1. The molecular formula is C22H24N6O2. The predicted octanol–water partition coefficient (Wildman–Crippen LogP) is 2.77. The lowest BCUT2D eigenvalue weighted by Gasteiger charge is -2.08. The number of nitrogens with two attached hydrogens (primary N) is 1. The molecule has 0 spiro atoms. The van der Waals surface area contributed by atoms with Gasteiger partial charge in [-0.2, -0.15) is 10.4 Å². The molecule has 0 radical (unpaired) electrons. The summed E-state index contributed by atoms with van der Waals surface area (Å²) in [6, 6.07) is 18.8. The van der Waals surface area contributed by atoms with Crippen LogP contribution in [0.2, 0.25) is 0 Å². The molecule has 3 rings (SSSR count). The van der Waals surface area contributed by atoms with Gasteiger partial charge in [0.1, 0.15) is 23.2 Å². The van der Waals surface area contributed by atoms with Gasteiger partial charge >= 0.3 is 6.03 Å². The Hall–Kier alpha value is -3.99. The Morgan fingerprint density at radius 2 is 2.00 bits per heavy atom. The molecule has 8 nitrogen and oxygen atoms in total. The van der Waals surface area contributed by atoms with Crippen molar-refractivity contribution in [2.24, 2.45) is 0 Å². The third-order valence-electron chi connectivity index (χ3n) is 4.57. The monoisotopic (exact) mass is 404 g/mol. The number of hydrogen-bond donors (Lipinski definition) is 3. The molecule has 1 aromatic heterocycles. The van der Waals surface area contributed by atoms with Crippen LogP contribution in [0.5, 0.6) is 5.75 Å². The first-order chi connectivity index (χ1) is 14.6. The average Bonchev–Trinajstić information content (AvgIpc) is 3.11. The zero-order valence-electron chi connectivity index (χ0n) is 16.8. The lowest BCUT2D eigenvalue weighted by atomic mass is 10.1. The molecule has 0 saturated carbocycles. The van der Waals surface area contributed by atoms with E-state index in [-0.39, 0.29) is 6.03 Å². The number of anilines is 1. The maximum atomic E-state index is 12.0. The summed E-state index contributed by atoms with van der Waals surface area (Å²) in [7, 11) is 1.60. The molecule has 0 aliphatic carbocycles. The van der Waals surface area contributed by atoms with Crippen LogP contribution in [0, 0.1) is 11.3 Å². The zero-order chi connectivity index (χ0) is 21.3. The molecule has 0 fully saturated rings. The highest BCUT2D eigenvalue weighted by Gasteiger charge is 2.16. The van der Waals surface area contributed by atoms with Crippen LogP contribution in [0.25, 0.3) is 5.69 Å². The number of nitrogens with one attached hydrogen (secondary N) is 2. The Balaban J connectivity index is 1.49. The minimum atomic E-state index is -0.257. The lowest BCUT2D eigenvalue weighted by molar-refractivity contribution is 0.240. The van der Waals surface area contributed by atoms with Gasteiger partial charge in [0, 0.05) is 13.1 Å². The third kappa shape index (κ3) is 5.08. The van der Waals surface area contributed by atoms with Crippen molar-refractivity contribution >= 4 is 11.8 Å². The summed E-state index contributed by atoms with van der Waals surface area (Å²) < 4.78 is 6.74. The normalized spacial score (nSPS) is 10.3. The first-order valence-electron chi connectivity index (χ1n) is 9.60. The molecule has 0 aliphatic heterocycles. The van der Waals surface area contributed by atoms with E-state index in [1.807, 2.05) is 54.6 Å². The van der Waals surface area contributed by atoms with Gasteiger partial charge in [-0.15, -0.1) is 0 Å². The van der Waals surface area contributed by atoms with Crippen LogP contribution in [-0.4, -0.2) is 29.5 Å². The molecule has 0 atom stereocenters. The van der Waals surface area contributed by atoms with Crippen molar-refractivity contribution in [3.63, 3.8) is 0 Å². The van der Waals surface area contributed by atoms with Gasteiger partial charge in [0.2, 0.25) is 0 Å². The van der Waals surface area contributed by atoms with Crippen molar-refractivity contribution in [2.45, 2.75) is 19.4 Å². The Morgan fingerprint density at radius 1 is 1.20 bits per heavy atom. The number of nitrogen functional groups attached to an aromatic ring is 1. The van der Waals surface area contributed by atoms with Crippen LogP contribution in [0.3, 0.4) is 0 Å². The maximum Gasteiger partial charge on any atom is 0.315 e. The van der Waals surface area contributed by atoms with Crippen molar-refractivity contribution in [1.29, 1.82) is 5.26 Å². The van der Waals surface area contributed by atoms with Crippen LogP contribution < -0.4 is 21.1 Å². The van der Waals surface area contributed by atoms with E-state index in [0.29, 0.717) is 43.0 Å². The van der Waals surface area contributed by atoms with E-state index in [1.165, 1.54) is 0 Å². The number of aromatic nitrogens is 2. The van der Waals surface area contributed by atoms with Gasteiger partial charge in [0.05, 0.1) is 18.5 Å². The number of urea groups is 1. The molecule has 2 amide bonds. The Morgan fingerprint density at radius 3 is 2.73 bits per heavy atom. The third-order valence-corrected chi connectivity index (χ3v) is 4.57. The minimum absolute atomic E-state index is 0.257. The van der Waals surface area contributed by atoms with Crippen LogP contribution in [0.1, 0.15) is 23.2 Å². The summed E-state index contributed by atoms with van der Waals surface area (Å²) in [4.78, 5) is 12.0. The van der Waals surface area contributed by atoms with Gasteiger partial charge in [-0.05, 0) is 42.7 Å². The fourth-order valence-electron chi connectivity index (χ4n) is 3.03. The molecular weight excluding hydrogens is 380 g/mol. The van der Waals surface area contributed by atoms with Crippen molar-refractivity contribution in [1.82, 2.24) is 20.4 Å². The summed E-state index contributed by atoms with van der Waals surface area (Å²) in [5.41, 5.74) is 8.85. The first-order valence-corrected chi connectivity index (χ1v) is 9.60. The predicted molar refractivity (Wildman–Crippen MR) is 114 cm³/mol. The number of rotatable bonds is 8. The fourth-order valence-corrected chi connectivity index (χ4v) is 3.03. The number of ether oxygens (including phenoxy) is 1. The average molecular weight is 404 g/mol. The van der Waals surface area contributed by atoms with Gasteiger partial charge in [0.15, 0.2) is 0 Å². The van der Waals surface area contributed by atoms with E-state index in [9.17, 15) is 10.1 Å². The molecule has 3 aromatic rings. The maximum absolute atomic E-state index is 12.0. The molecule has 2 aromatic carbocycles. The molecule has 1 heterocycles. The highest BCUT2D eigenvalue weighted by Crippen LogP contribution is 2.21. The van der Waals surface area contributed by atoms with Crippen molar-refractivity contribution in [3.8, 4) is 17.5 Å². The number of hydrogen-bond acceptors (Lipinski definition) is 5. The topological polar surface area (TPSA) is 118 Å². The highest BCUT2D eigenvalue weighted by atomic mass is 16.5. The van der Waals surface area contributed by atoms with Crippen LogP contribution in [0.4, 0.5) is 10.6 Å². The van der Waals surface area contributed by atoms with Crippen molar-refractivity contribution in [3.05, 3.63) is 71.4 Å². The SMILES string of the molecule is COc1cccc(CNC(=O)NCCCc2nn(-c3ccccc3)c(N)c2C#N)c1. The van der Waals surface area contributed by atoms with Crippen LogP contribution in [-0.2, 0) is 13.0 Å². The number of methoxy groups -OCH3 is 1. The van der Waals surface area contributed by atoms with Crippen molar-refractivity contribution in [2.75, 3.05) is 19.4 Å². The molecule has 30 heavy (non-hydrogen) atoms. The number of nitriles is 1. The minimum Gasteiger partial charge on any atom is -0.497 e. The number of benzene rings is 2. The van der Waals surface area contributed by atoms with E-state index in [1.54, 1.807) is 11.8 Å². The second-order valence-electron chi connectivity index (χ2n) is 6.63. The van der Waals surface area contributed by atoms with Gasteiger partial charge < -0.3 is 21.1 Å². The quantitative estimate of drug-likeness (QED) is 0.499. The molecule has 8 heteroatoms. The molecule has 0 unspecified atom stereocenters.